The standard InChI is InChI=1S/C25H25OP/c1-3-4-15-27-23-17-20-11-7-8-12-22(20)25(26-2)24(23)21-14-13-18-9-5-6-10-19(18)16-21/h5-14,16-17,27H,3-4,15H2,1-2H3. The lowest BCUT2D eigenvalue weighted by Gasteiger charge is -2.18. The van der Waals surface area contributed by atoms with E-state index in [0.29, 0.717) is 0 Å². The molecule has 136 valence electrons. The minimum atomic E-state index is 0.795. The van der Waals surface area contributed by atoms with Gasteiger partial charge in [0, 0.05) is 10.9 Å². The Morgan fingerprint density at radius 3 is 2.33 bits per heavy atom. The van der Waals surface area contributed by atoms with E-state index in [2.05, 4.69) is 79.7 Å². The number of methoxy groups -OCH3 is 1. The topological polar surface area (TPSA) is 9.23 Å². The molecule has 4 rings (SSSR count). The van der Waals surface area contributed by atoms with Gasteiger partial charge in [-0.3, -0.25) is 0 Å². The molecular weight excluding hydrogens is 347 g/mol. The fourth-order valence-electron chi connectivity index (χ4n) is 3.70. The van der Waals surface area contributed by atoms with E-state index in [1.165, 1.54) is 57.0 Å². The third kappa shape index (κ3) is 3.57. The summed E-state index contributed by atoms with van der Waals surface area (Å²) in [6.45, 7) is 2.26. The summed E-state index contributed by atoms with van der Waals surface area (Å²) in [4.78, 5) is 0. The van der Waals surface area contributed by atoms with Crippen LogP contribution in [-0.2, 0) is 0 Å². The van der Waals surface area contributed by atoms with Crippen molar-refractivity contribution in [3.05, 3.63) is 72.8 Å². The molecule has 0 N–H and O–H groups in total. The molecule has 4 aromatic carbocycles. The van der Waals surface area contributed by atoms with Gasteiger partial charge in [0.05, 0.1) is 7.11 Å². The molecule has 0 saturated heterocycles. The molecule has 1 unspecified atom stereocenters. The lowest BCUT2D eigenvalue weighted by Crippen LogP contribution is -2.05. The maximum Gasteiger partial charge on any atom is 0.135 e. The van der Waals surface area contributed by atoms with Crippen LogP contribution >= 0.6 is 8.58 Å². The zero-order chi connectivity index (χ0) is 18.6. The summed E-state index contributed by atoms with van der Waals surface area (Å²) in [6.07, 6.45) is 3.74. The minimum absolute atomic E-state index is 0.795. The van der Waals surface area contributed by atoms with Crippen molar-refractivity contribution in [2.75, 3.05) is 13.3 Å². The fourth-order valence-corrected chi connectivity index (χ4v) is 5.19. The van der Waals surface area contributed by atoms with Crippen LogP contribution in [0.2, 0.25) is 0 Å². The second kappa shape index (κ2) is 8.11. The summed E-state index contributed by atoms with van der Waals surface area (Å²) < 4.78 is 5.98. The van der Waals surface area contributed by atoms with Gasteiger partial charge in [-0.15, -0.1) is 0 Å². The van der Waals surface area contributed by atoms with Gasteiger partial charge in [0.15, 0.2) is 0 Å². The number of rotatable bonds is 6. The molecule has 1 atom stereocenters. The molecule has 1 nitrogen and oxygen atoms in total. The molecule has 0 fully saturated rings. The summed E-state index contributed by atoms with van der Waals surface area (Å²) in [5.41, 5.74) is 2.51. The smallest absolute Gasteiger partial charge is 0.135 e. The highest BCUT2D eigenvalue weighted by molar-refractivity contribution is 7.47. The van der Waals surface area contributed by atoms with E-state index in [-0.39, 0.29) is 0 Å². The van der Waals surface area contributed by atoms with E-state index >= 15 is 0 Å². The maximum atomic E-state index is 5.98. The summed E-state index contributed by atoms with van der Waals surface area (Å²) in [7, 11) is 2.59. The molecule has 0 bridgehead atoms. The highest BCUT2D eigenvalue weighted by atomic mass is 31.1. The average Bonchev–Trinajstić information content (AvgIpc) is 2.72. The van der Waals surface area contributed by atoms with Crippen molar-refractivity contribution < 1.29 is 4.74 Å². The van der Waals surface area contributed by atoms with Gasteiger partial charge in [-0.1, -0.05) is 82.6 Å². The van der Waals surface area contributed by atoms with Crippen molar-refractivity contribution >= 4 is 35.4 Å². The Morgan fingerprint density at radius 1 is 0.815 bits per heavy atom. The molecule has 2 heteroatoms. The molecule has 0 radical (unpaired) electrons. The Kier molecular flexibility index (Phi) is 5.41. The quantitative estimate of drug-likeness (QED) is 0.268. The fraction of sp³-hybridized carbons (Fsp3) is 0.200. The first kappa shape index (κ1) is 18.0. The zero-order valence-electron chi connectivity index (χ0n) is 16.0. The summed E-state index contributed by atoms with van der Waals surface area (Å²) in [5.74, 6) is 1.00. The van der Waals surface area contributed by atoms with Crippen LogP contribution in [0.4, 0.5) is 0 Å². The SMILES string of the molecule is CCCCPc1cc2ccccc2c(OC)c1-c1ccc2ccccc2c1. The third-order valence-electron chi connectivity index (χ3n) is 5.09. The molecule has 27 heavy (non-hydrogen) atoms. The van der Waals surface area contributed by atoms with Crippen LogP contribution in [0.25, 0.3) is 32.7 Å². The summed E-state index contributed by atoms with van der Waals surface area (Å²) >= 11 is 0. The van der Waals surface area contributed by atoms with Crippen molar-refractivity contribution in [1.82, 2.24) is 0 Å². The van der Waals surface area contributed by atoms with Crippen LogP contribution in [0.15, 0.2) is 72.8 Å². The first-order valence-corrected chi connectivity index (χ1v) is 10.9. The van der Waals surface area contributed by atoms with E-state index in [1.807, 2.05) is 0 Å². The summed E-state index contributed by atoms with van der Waals surface area (Å²) in [5, 5.41) is 6.41. The first-order chi connectivity index (χ1) is 13.3. The van der Waals surface area contributed by atoms with Crippen molar-refractivity contribution in [3.63, 3.8) is 0 Å². The van der Waals surface area contributed by atoms with Gasteiger partial charge in [-0.25, -0.2) is 0 Å². The monoisotopic (exact) mass is 372 g/mol. The van der Waals surface area contributed by atoms with Gasteiger partial charge >= 0.3 is 0 Å². The minimum Gasteiger partial charge on any atom is -0.495 e. The number of fused-ring (bicyclic) bond motifs is 2. The number of hydrogen-bond acceptors (Lipinski definition) is 1. The maximum absolute atomic E-state index is 5.98. The van der Waals surface area contributed by atoms with E-state index < -0.39 is 0 Å². The Balaban J connectivity index is 1.95. The van der Waals surface area contributed by atoms with Crippen molar-refractivity contribution in [3.8, 4) is 16.9 Å². The largest absolute Gasteiger partial charge is 0.495 e. The third-order valence-corrected chi connectivity index (χ3v) is 6.47. The molecule has 0 saturated carbocycles. The van der Waals surface area contributed by atoms with Crippen LogP contribution in [0, 0.1) is 0 Å². The van der Waals surface area contributed by atoms with Crippen molar-refractivity contribution in [1.29, 1.82) is 0 Å². The van der Waals surface area contributed by atoms with Crippen molar-refractivity contribution in [2.24, 2.45) is 0 Å². The summed E-state index contributed by atoms with van der Waals surface area (Å²) in [6, 6.07) is 26.2. The Labute approximate surface area is 163 Å². The molecule has 0 amide bonds. The van der Waals surface area contributed by atoms with Crippen LogP contribution in [-0.4, -0.2) is 13.3 Å². The van der Waals surface area contributed by atoms with Gasteiger partial charge in [0.25, 0.3) is 0 Å². The van der Waals surface area contributed by atoms with Crippen LogP contribution in [0.3, 0.4) is 0 Å². The second-order valence-corrected chi connectivity index (χ2v) is 8.29. The predicted octanol–water partition coefficient (Wildman–Crippen LogP) is 6.77. The predicted molar refractivity (Wildman–Crippen MR) is 121 cm³/mol. The average molecular weight is 372 g/mol. The Bertz CT molecular complexity index is 1080. The van der Waals surface area contributed by atoms with E-state index in [9.17, 15) is 0 Å². The molecule has 0 aromatic heterocycles. The van der Waals surface area contributed by atoms with Crippen LogP contribution < -0.4 is 10.0 Å². The highest BCUT2D eigenvalue weighted by Gasteiger charge is 2.16. The lowest BCUT2D eigenvalue weighted by molar-refractivity contribution is 0.421. The molecule has 0 aliphatic carbocycles. The van der Waals surface area contributed by atoms with Gasteiger partial charge in [0.2, 0.25) is 0 Å². The van der Waals surface area contributed by atoms with Gasteiger partial charge in [-0.2, -0.15) is 0 Å². The highest BCUT2D eigenvalue weighted by Crippen LogP contribution is 2.39. The van der Waals surface area contributed by atoms with Crippen LogP contribution in [0.5, 0.6) is 5.75 Å². The van der Waals surface area contributed by atoms with Crippen molar-refractivity contribution in [2.45, 2.75) is 19.8 Å². The van der Waals surface area contributed by atoms with E-state index in [1.54, 1.807) is 7.11 Å². The van der Waals surface area contributed by atoms with Gasteiger partial charge in [-0.05, 0) is 51.7 Å². The molecular formula is C25H25OP. The van der Waals surface area contributed by atoms with Gasteiger partial charge in [0.1, 0.15) is 5.75 Å². The molecule has 0 aliphatic rings. The number of unbranched alkanes of at least 4 members (excludes halogenated alkanes) is 1. The normalized spacial score (nSPS) is 11.6. The molecule has 0 heterocycles. The number of ether oxygens (including phenoxy) is 1. The molecule has 0 spiro atoms. The molecule has 4 aromatic rings. The van der Waals surface area contributed by atoms with Gasteiger partial charge < -0.3 is 4.74 Å². The zero-order valence-corrected chi connectivity index (χ0v) is 17.0. The van der Waals surface area contributed by atoms with E-state index in [0.717, 1.165) is 14.3 Å². The van der Waals surface area contributed by atoms with Crippen LogP contribution in [0.1, 0.15) is 19.8 Å². The number of hydrogen-bond donors (Lipinski definition) is 0. The first-order valence-electron chi connectivity index (χ1n) is 9.64. The lowest BCUT2D eigenvalue weighted by atomic mass is 9.97. The molecule has 0 aliphatic heterocycles. The number of benzene rings is 4. The van der Waals surface area contributed by atoms with E-state index in [4.69, 9.17) is 4.74 Å². The Hall–Kier alpha value is -2.37. The second-order valence-electron chi connectivity index (χ2n) is 6.90. The Morgan fingerprint density at radius 2 is 1.56 bits per heavy atom.